The van der Waals surface area contributed by atoms with Crippen molar-refractivity contribution in [2.75, 3.05) is 26.2 Å². The van der Waals surface area contributed by atoms with Gasteiger partial charge in [-0.05, 0) is 51.6 Å². The zero-order chi connectivity index (χ0) is 26.7. The van der Waals surface area contributed by atoms with Crippen LogP contribution in [0.25, 0.3) is 0 Å². The van der Waals surface area contributed by atoms with Crippen LogP contribution in [-0.4, -0.2) is 49.2 Å². The van der Waals surface area contributed by atoms with Gasteiger partial charge in [0.05, 0.1) is 0 Å². The highest BCUT2D eigenvalue weighted by molar-refractivity contribution is 5.69. The predicted octanol–water partition coefficient (Wildman–Crippen LogP) is 8.63. The Labute approximate surface area is 224 Å². The molecule has 5 heteroatoms. The molecule has 0 heterocycles. The van der Waals surface area contributed by atoms with Crippen LogP contribution in [0.1, 0.15) is 156 Å². The van der Waals surface area contributed by atoms with Gasteiger partial charge in [0.1, 0.15) is 12.7 Å². The Morgan fingerprint density at radius 3 is 1.67 bits per heavy atom. The lowest BCUT2D eigenvalue weighted by Crippen LogP contribution is -2.29. The van der Waals surface area contributed by atoms with E-state index in [4.69, 9.17) is 9.47 Å². The molecule has 0 bridgehead atoms. The van der Waals surface area contributed by atoms with E-state index in [1.54, 1.807) is 0 Å². The van der Waals surface area contributed by atoms with Crippen molar-refractivity contribution in [1.29, 1.82) is 0 Å². The number of rotatable bonds is 27. The van der Waals surface area contributed by atoms with Crippen molar-refractivity contribution in [2.24, 2.45) is 0 Å². The van der Waals surface area contributed by atoms with Crippen LogP contribution in [0.4, 0.5) is 0 Å². The molecule has 5 nitrogen and oxygen atoms in total. The third-order valence-electron chi connectivity index (χ3n) is 7.07. The average Bonchev–Trinajstić information content (AvgIpc) is 2.86. The zero-order valence-corrected chi connectivity index (χ0v) is 24.6. The van der Waals surface area contributed by atoms with Gasteiger partial charge in [0, 0.05) is 19.9 Å². The van der Waals surface area contributed by atoms with E-state index in [1.165, 1.54) is 90.4 Å². The third-order valence-corrected chi connectivity index (χ3v) is 7.07. The van der Waals surface area contributed by atoms with E-state index >= 15 is 0 Å². The number of nitrogens with zero attached hydrogens (tertiary/aromatic N) is 1. The summed E-state index contributed by atoms with van der Waals surface area (Å²) < 4.78 is 11.0. The zero-order valence-electron chi connectivity index (χ0n) is 24.6. The van der Waals surface area contributed by atoms with E-state index < -0.39 is 0 Å². The molecular weight excluding hydrogens is 450 g/mol. The summed E-state index contributed by atoms with van der Waals surface area (Å²) in [5.41, 5.74) is 0. The van der Waals surface area contributed by atoms with E-state index in [0.717, 1.165) is 58.2 Å². The van der Waals surface area contributed by atoms with Crippen molar-refractivity contribution in [3.05, 3.63) is 0 Å². The lowest BCUT2D eigenvalue weighted by molar-refractivity contribution is -0.150. The Kier molecular flexibility index (Phi) is 26.1. The van der Waals surface area contributed by atoms with Gasteiger partial charge in [0.25, 0.3) is 0 Å². The molecular formula is C31H61NO4. The van der Waals surface area contributed by atoms with Gasteiger partial charge in [0.15, 0.2) is 0 Å². The van der Waals surface area contributed by atoms with Gasteiger partial charge < -0.3 is 14.4 Å². The first-order valence-electron chi connectivity index (χ1n) is 15.6. The first-order chi connectivity index (χ1) is 17.5. The molecule has 0 aliphatic carbocycles. The van der Waals surface area contributed by atoms with Crippen molar-refractivity contribution in [2.45, 2.75) is 162 Å². The largest absolute Gasteiger partial charge is 0.465 e. The summed E-state index contributed by atoms with van der Waals surface area (Å²) in [6, 6.07) is 0. The fourth-order valence-corrected chi connectivity index (χ4v) is 4.69. The standard InChI is InChI=1S/C31H61NO4/c1-5-8-10-12-15-19-23-30(24-20-16-13-11-9-6-2)36-31(34)25-21-17-14-18-22-26-32(7-3)27-28-35-29(4)33/h30H,5-28H2,1-4H3. The normalized spacial score (nSPS) is 11.4. The van der Waals surface area contributed by atoms with Crippen LogP contribution in [0.2, 0.25) is 0 Å². The SMILES string of the molecule is CCCCCCCCC(CCCCCCCC)OC(=O)CCCCCCCN(CC)CCOC(C)=O. The van der Waals surface area contributed by atoms with Gasteiger partial charge in [-0.25, -0.2) is 0 Å². The highest BCUT2D eigenvalue weighted by Crippen LogP contribution is 2.18. The fourth-order valence-electron chi connectivity index (χ4n) is 4.69. The highest BCUT2D eigenvalue weighted by Gasteiger charge is 2.14. The summed E-state index contributed by atoms with van der Waals surface area (Å²) in [6.45, 7) is 11.4. The highest BCUT2D eigenvalue weighted by atomic mass is 16.5. The minimum absolute atomic E-state index is 0.0135. The number of esters is 2. The van der Waals surface area contributed by atoms with E-state index in [1.807, 2.05) is 0 Å². The number of likely N-dealkylation sites (N-methyl/N-ethyl adjacent to an activating group) is 1. The summed E-state index contributed by atoms with van der Waals surface area (Å²) in [6.07, 6.45) is 23.7. The summed E-state index contributed by atoms with van der Waals surface area (Å²) >= 11 is 0. The molecule has 0 fully saturated rings. The van der Waals surface area contributed by atoms with Crippen LogP contribution in [0, 0.1) is 0 Å². The molecule has 0 aliphatic heterocycles. The maximum absolute atomic E-state index is 12.5. The number of carbonyl (C=O) groups is 2. The first-order valence-corrected chi connectivity index (χ1v) is 15.6. The summed E-state index contributed by atoms with van der Waals surface area (Å²) in [5, 5.41) is 0. The molecule has 0 N–H and O–H groups in total. The number of carbonyl (C=O) groups excluding carboxylic acids is 2. The minimum Gasteiger partial charge on any atom is -0.465 e. The Hall–Kier alpha value is -1.10. The van der Waals surface area contributed by atoms with Gasteiger partial charge >= 0.3 is 11.9 Å². The first kappa shape index (κ1) is 34.9. The van der Waals surface area contributed by atoms with Crippen molar-refractivity contribution in [3.63, 3.8) is 0 Å². The molecule has 0 spiro atoms. The van der Waals surface area contributed by atoms with Crippen molar-refractivity contribution >= 4 is 11.9 Å². The van der Waals surface area contributed by atoms with Gasteiger partial charge in [-0.2, -0.15) is 0 Å². The van der Waals surface area contributed by atoms with Gasteiger partial charge in [-0.3, -0.25) is 9.59 Å². The van der Waals surface area contributed by atoms with Crippen molar-refractivity contribution in [3.8, 4) is 0 Å². The summed E-state index contributed by atoms with van der Waals surface area (Å²) in [4.78, 5) is 25.7. The van der Waals surface area contributed by atoms with E-state index in [2.05, 4.69) is 25.7 Å². The van der Waals surface area contributed by atoms with Crippen molar-refractivity contribution in [1.82, 2.24) is 4.90 Å². The van der Waals surface area contributed by atoms with Gasteiger partial charge in [0.2, 0.25) is 0 Å². The molecule has 0 aromatic heterocycles. The second-order valence-electron chi connectivity index (χ2n) is 10.5. The molecule has 0 radical (unpaired) electrons. The molecule has 0 saturated carbocycles. The monoisotopic (exact) mass is 511 g/mol. The van der Waals surface area contributed by atoms with Crippen LogP contribution in [0.3, 0.4) is 0 Å². The topological polar surface area (TPSA) is 55.8 Å². The Bertz CT molecular complexity index is 481. The minimum atomic E-state index is -0.208. The maximum Gasteiger partial charge on any atom is 0.306 e. The molecule has 36 heavy (non-hydrogen) atoms. The van der Waals surface area contributed by atoms with E-state index in [0.29, 0.717) is 13.0 Å². The van der Waals surface area contributed by atoms with Crippen molar-refractivity contribution < 1.29 is 19.1 Å². The predicted molar refractivity (Wildman–Crippen MR) is 152 cm³/mol. The molecule has 0 aromatic carbocycles. The molecule has 0 saturated heterocycles. The molecule has 0 atom stereocenters. The number of hydrogen-bond acceptors (Lipinski definition) is 5. The number of ether oxygens (including phenoxy) is 2. The van der Waals surface area contributed by atoms with Gasteiger partial charge in [-0.15, -0.1) is 0 Å². The van der Waals surface area contributed by atoms with Crippen LogP contribution in [-0.2, 0) is 19.1 Å². The smallest absolute Gasteiger partial charge is 0.306 e. The lowest BCUT2D eigenvalue weighted by atomic mass is 10.0. The number of unbranched alkanes of at least 4 members (excludes halogenated alkanes) is 14. The maximum atomic E-state index is 12.5. The fraction of sp³-hybridized carbons (Fsp3) is 0.935. The van der Waals surface area contributed by atoms with E-state index in [9.17, 15) is 9.59 Å². The molecule has 0 unspecified atom stereocenters. The van der Waals surface area contributed by atoms with Crippen LogP contribution >= 0.6 is 0 Å². The quantitative estimate of drug-likeness (QED) is 0.0816. The van der Waals surface area contributed by atoms with Crippen LogP contribution in [0.15, 0.2) is 0 Å². The second-order valence-corrected chi connectivity index (χ2v) is 10.5. The molecule has 0 aliphatic rings. The summed E-state index contributed by atoms with van der Waals surface area (Å²) in [5.74, 6) is -0.194. The van der Waals surface area contributed by atoms with Crippen LogP contribution < -0.4 is 0 Å². The Morgan fingerprint density at radius 1 is 0.639 bits per heavy atom. The molecule has 0 rings (SSSR count). The molecule has 0 amide bonds. The summed E-state index contributed by atoms with van der Waals surface area (Å²) in [7, 11) is 0. The average molecular weight is 512 g/mol. The third kappa shape index (κ3) is 24.6. The van der Waals surface area contributed by atoms with Crippen LogP contribution in [0.5, 0.6) is 0 Å². The Balaban J connectivity index is 4.03. The second kappa shape index (κ2) is 26.9. The molecule has 214 valence electrons. The Morgan fingerprint density at radius 2 is 1.14 bits per heavy atom. The van der Waals surface area contributed by atoms with E-state index in [-0.39, 0.29) is 18.0 Å². The number of hydrogen-bond donors (Lipinski definition) is 0. The van der Waals surface area contributed by atoms with Gasteiger partial charge in [-0.1, -0.05) is 104 Å². The molecule has 0 aromatic rings. The lowest BCUT2D eigenvalue weighted by Gasteiger charge is -2.19.